The van der Waals surface area contributed by atoms with Gasteiger partial charge in [-0.1, -0.05) is 12.1 Å². The van der Waals surface area contributed by atoms with Gasteiger partial charge in [0.25, 0.3) is 0 Å². The molecule has 0 aliphatic rings. The van der Waals surface area contributed by atoms with Crippen LogP contribution in [0.25, 0.3) is 0 Å². The van der Waals surface area contributed by atoms with Crippen LogP contribution < -0.4 is 5.73 Å². The van der Waals surface area contributed by atoms with Gasteiger partial charge < -0.3 is 5.73 Å². The molecule has 2 nitrogen and oxygen atoms in total. The van der Waals surface area contributed by atoms with Crippen molar-refractivity contribution in [3.8, 4) is 0 Å². The van der Waals surface area contributed by atoms with E-state index in [-0.39, 0.29) is 5.78 Å². The summed E-state index contributed by atoms with van der Waals surface area (Å²) in [5, 5.41) is -0.500. The first kappa shape index (κ1) is 10.1. The number of anilines is 1. The third-order valence-corrected chi connectivity index (χ3v) is 2.20. The standard InChI is InChI=1S/C10H12ClNO/c1-6-8(10(13)7(2)11)4-3-5-9(6)12/h3-5,7H,12H2,1-2H3. The number of carbonyl (C=O) groups excluding carboxylic acids is 1. The van der Waals surface area contributed by atoms with Crippen molar-refractivity contribution >= 4 is 23.1 Å². The fourth-order valence-electron chi connectivity index (χ4n) is 1.13. The lowest BCUT2D eigenvalue weighted by Gasteiger charge is -2.07. The van der Waals surface area contributed by atoms with Crippen LogP contribution in [-0.4, -0.2) is 11.2 Å². The number of rotatable bonds is 2. The quantitative estimate of drug-likeness (QED) is 0.450. The topological polar surface area (TPSA) is 43.1 Å². The monoisotopic (exact) mass is 197 g/mol. The largest absolute Gasteiger partial charge is 0.398 e. The number of Topliss-reactive ketones (excluding diaryl/α,β-unsaturated/α-hetero) is 1. The molecule has 0 saturated carbocycles. The molecule has 1 atom stereocenters. The predicted molar refractivity (Wildman–Crippen MR) is 55.2 cm³/mol. The molecule has 0 spiro atoms. The number of nitrogens with two attached hydrogens (primary N) is 1. The molecule has 0 bridgehead atoms. The molecule has 0 fully saturated rings. The van der Waals surface area contributed by atoms with Gasteiger partial charge in [0, 0.05) is 11.3 Å². The van der Waals surface area contributed by atoms with Crippen molar-refractivity contribution in [1.29, 1.82) is 0 Å². The van der Waals surface area contributed by atoms with Crippen LogP contribution in [0.4, 0.5) is 5.69 Å². The zero-order valence-electron chi connectivity index (χ0n) is 7.67. The SMILES string of the molecule is Cc1c(N)cccc1C(=O)C(C)Cl. The molecule has 0 heterocycles. The number of halogens is 1. The van der Waals surface area contributed by atoms with Gasteiger partial charge in [-0.2, -0.15) is 0 Å². The molecule has 2 N–H and O–H groups in total. The highest BCUT2D eigenvalue weighted by molar-refractivity contribution is 6.33. The maximum absolute atomic E-state index is 11.5. The summed E-state index contributed by atoms with van der Waals surface area (Å²) >= 11 is 5.70. The molecule has 0 aliphatic carbocycles. The molecule has 3 heteroatoms. The van der Waals surface area contributed by atoms with E-state index in [4.69, 9.17) is 17.3 Å². The van der Waals surface area contributed by atoms with E-state index < -0.39 is 5.38 Å². The lowest BCUT2D eigenvalue weighted by atomic mass is 10.0. The van der Waals surface area contributed by atoms with E-state index in [0.29, 0.717) is 11.3 Å². The number of hydrogen-bond donors (Lipinski definition) is 1. The molecule has 0 saturated heterocycles. The van der Waals surface area contributed by atoms with Crippen LogP contribution in [-0.2, 0) is 0 Å². The van der Waals surface area contributed by atoms with Gasteiger partial charge in [0.2, 0.25) is 0 Å². The average Bonchev–Trinajstić information content (AvgIpc) is 2.08. The van der Waals surface area contributed by atoms with Gasteiger partial charge in [0.1, 0.15) is 0 Å². The van der Waals surface area contributed by atoms with Crippen molar-refractivity contribution in [3.05, 3.63) is 29.3 Å². The number of carbonyl (C=O) groups is 1. The Kier molecular flexibility index (Phi) is 2.94. The maximum atomic E-state index is 11.5. The number of benzene rings is 1. The third-order valence-electron chi connectivity index (χ3n) is 2.00. The fraction of sp³-hybridized carbons (Fsp3) is 0.300. The smallest absolute Gasteiger partial charge is 0.180 e. The average molecular weight is 198 g/mol. The number of hydrogen-bond acceptors (Lipinski definition) is 2. The Morgan fingerprint density at radius 2 is 2.15 bits per heavy atom. The second kappa shape index (κ2) is 3.79. The zero-order valence-corrected chi connectivity index (χ0v) is 8.43. The molecule has 0 amide bonds. The highest BCUT2D eigenvalue weighted by Gasteiger charge is 2.14. The lowest BCUT2D eigenvalue weighted by molar-refractivity contribution is 0.0991. The summed E-state index contributed by atoms with van der Waals surface area (Å²) in [6, 6.07) is 5.27. The van der Waals surface area contributed by atoms with Gasteiger partial charge in [-0.3, -0.25) is 4.79 Å². The zero-order chi connectivity index (χ0) is 10.0. The molecule has 1 rings (SSSR count). The van der Waals surface area contributed by atoms with Crippen molar-refractivity contribution in [2.24, 2.45) is 0 Å². The predicted octanol–water partition coefficient (Wildman–Crippen LogP) is 2.39. The Balaban J connectivity index is 3.15. The maximum Gasteiger partial charge on any atom is 0.180 e. The molecule has 0 radical (unpaired) electrons. The van der Waals surface area contributed by atoms with Crippen molar-refractivity contribution < 1.29 is 4.79 Å². The molecule has 1 unspecified atom stereocenters. The summed E-state index contributed by atoms with van der Waals surface area (Å²) in [7, 11) is 0. The molecule has 0 aromatic heterocycles. The van der Waals surface area contributed by atoms with Gasteiger partial charge in [0.05, 0.1) is 5.38 Å². The van der Waals surface area contributed by atoms with E-state index in [1.165, 1.54) is 0 Å². The van der Waals surface area contributed by atoms with Gasteiger partial charge in [-0.15, -0.1) is 11.6 Å². The molecule has 13 heavy (non-hydrogen) atoms. The Hall–Kier alpha value is -1.02. The first-order valence-electron chi connectivity index (χ1n) is 4.07. The van der Waals surface area contributed by atoms with E-state index >= 15 is 0 Å². The molecule has 1 aromatic rings. The summed E-state index contributed by atoms with van der Waals surface area (Å²) in [5.41, 5.74) is 7.71. The summed E-state index contributed by atoms with van der Waals surface area (Å²) in [6.45, 7) is 3.48. The third kappa shape index (κ3) is 2.01. The summed E-state index contributed by atoms with van der Waals surface area (Å²) in [6.07, 6.45) is 0. The highest BCUT2D eigenvalue weighted by atomic mass is 35.5. The Bertz CT molecular complexity index is 334. The Morgan fingerprint density at radius 1 is 1.54 bits per heavy atom. The second-order valence-electron chi connectivity index (χ2n) is 3.00. The molecule has 70 valence electrons. The normalized spacial score (nSPS) is 12.5. The number of ketones is 1. The number of alkyl halides is 1. The van der Waals surface area contributed by atoms with E-state index in [9.17, 15) is 4.79 Å². The minimum Gasteiger partial charge on any atom is -0.398 e. The van der Waals surface area contributed by atoms with Crippen LogP contribution in [0.5, 0.6) is 0 Å². The molecule has 0 aliphatic heterocycles. The minimum absolute atomic E-state index is 0.0773. The first-order chi connectivity index (χ1) is 6.04. The molecular formula is C10H12ClNO. The van der Waals surface area contributed by atoms with E-state index in [1.54, 1.807) is 25.1 Å². The van der Waals surface area contributed by atoms with E-state index in [1.807, 2.05) is 6.92 Å². The van der Waals surface area contributed by atoms with Crippen LogP contribution in [0.2, 0.25) is 0 Å². The second-order valence-corrected chi connectivity index (χ2v) is 3.65. The summed E-state index contributed by atoms with van der Waals surface area (Å²) < 4.78 is 0. The lowest BCUT2D eigenvalue weighted by Crippen LogP contribution is -2.12. The van der Waals surface area contributed by atoms with Gasteiger partial charge in [-0.05, 0) is 25.5 Å². The Morgan fingerprint density at radius 3 is 2.69 bits per heavy atom. The first-order valence-corrected chi connectivity index (χ1v) is 4.51. The van der Waals surface area contributed by atoms with Gasteiger partial charge >= 0.3 is 0 Å². The van der Waals surface area contributed by atoms with Crippen molar-refractivity contribution in [2.45, 2.75) is 19.2 Å². The highest BCUT2D eigenvalue weighted by Crippen LogP contribution is 2.18. The Labute approximate surface area is 82.7 Å². The van der Waals surface area contributed by atoms with Crippen LogP contribution in [0.3, 0.4) is 0 Å². The van der Waals surface area contributed by atoms with Crippen LogP contribution in [0.1, 0.15) is 22.8 Å². The number of nitrogen functional groups attached to an aromatic ring is 1. The minimum atomic E-state index is -0.500. The summed E-state index contributed by atoms with van der Waals surface area (Å²) in [5.74, 6) is -0.0773. The van der Waals surface area contributed by atoms with Crippen LogP contribution in [0.15, 0.2) is 18.2 Å². The van der Waals surface area contributed by atoms with Gasteiger partial charge in [0.15, 0.2) is 5.78 Å². The molecule has 1 aromatic carbocycles. The molecular weight excluding hydrogens is 186 g/mol. The van der Waals surface area contributed by atoms with Crippen molar-refractivity contribution in [3.63, 3.8) is 0 Å². The van der Waals surface area contributed by atoms with E-state index in [0.717, 1.165) is 5.56 Å². The van der Waals surface area contributed by atoms with Crippen LogP contribution >= 0.6 is 11.6 Å². The van der Waals surface area contributed by atoms with E-state index in [2.05, 4.69) is 0 Å². The fourth-order valence-corrected chi connectivity index (χ4v) is 1.25. The van der Waals surface area contributed by atoms with Crippen LogP contribution in [0, 0.1) is 6.92 Å². The van der Waals surface area contributed by atoms with Crippen molar-refractivity contribution in [2.75, 3.05) is 5.73 Å². The summed E-state index contributed by atoms with van der Waals surface area (Å²) in [4.78, 5) is 11.5. The van der Waals surface area contributed by atoms with Crippen molar-refractivity contribution in [1.82, 2.24) is 0 Å². The van der Waals surface area contributed by atoms with Gasteiger partial charge in [-0.25, -0.2) is 0 Å².